The van der Waals surface area contributed by atoms with E-state index in [2.05, 4.69) is 10.3 Å². The molecule has 1 rings (SSSR count). The summed E-state index contributed by atoms with van der Waals surface area (Å²) in [4.78, 5) is 10.9. The fourth-order valence-electron chi connectivity index (χ4n) is 1.48. The summed E-state index contributed by atoms with van der Waals surface area (Å²) < 4.78 is 1.58. The summed E-state index contributed by atoms with van der Waals surface area (Å²) in [7, 11) is 0. The predicted molar refractivity (Wildman–Crippen MR) is 57.2 cm³/mol. The van der Waals surface area contributed by atoms with E-state index in [0.717, 1.165) is 6.42 Å². The van der Waals surface area contributed by atoms with Crippen molar-refractivity contribution in [1.29, 1.82) is 0 Å². The van der Waals surface area contributed by atoms with E-state index >= 15 is 0 Å². The fourth-order valence-corrected chi connectivity index (χ4v) is 1.48. The van der Waals surface area contributed by atoms with Gasteiger partial charge in [0.05, 0.1) is 5.69 Å². The quantitative estimate of drug-likeness (QED) is 0.741. The van der Waals surface area contributed by atoms with Gasteiger partial charge in [0, 0.05) is 13.2 Å². The molecule has 2 N–H and O–H groups in total. The molecule has 0 radical (unpaired) electrons. The normalized spacial score (nSPS) is 12.7. The summed E-state index contributed by atoms with van der Waals surface area (Å²) in [5.74, 6) is -1.01. The van der Waals surface area contributed by atoms with Gasteiger partial charge in [0.1, 0.15) is 0 Å². The lowest BCUT2D eigenvalue weighted by atomic mass is 10.1. The summed E-state index contributed by atoms with van der Waals surface area (Å²) >= 11 is 0. The second-order valence-electron chi connectivity index (χ2n) is 3.91. The highest BCUT2D eigenvalue weighted by molar-refractivity contribution is 5.86. The molecule has 6 nitrogen and oxygen atoms in total. The molecule has 0 aliphatic heterocycles. The van der Waals surface area contributed by atoms with E-state index < -0.39 is 5.97 Å². The molecule has 6 heteroatoms. The molecule has 0 bridgehead atoms. The van der Waals surface area contributed by atoms with Crippen LogP contribution in [-0.2, 0) is 13.0 Å². The molecule has 0 amide bonds. The topological polar surface area (TPSA) is 88.2 Å². The van der Waals surface area contributed by atoms with Gasteiger partial charge in [0.2, 0.25) is 0 Å². The molecule has 1 aromatic rings. The average Bonchev–Trinajstić information content (AvgIpc) is 2.62. The highest BCUT2D eigenvalue weighted by Gasteiger charge is 2.18. The Kier molecular flexibility index (Phi) is 4.42. The van der Waals surface area contributed by atoms with E-state index in [1.807, 2.05) is 13.8 Å². The Labute approximate surface area is 93.9 Å². The number of carboxylic acids is 1. The molecular weight excluding hydrogens is 210 g/mol. The van der Waals surface area contributed by atoms with Crippen molar-refractivity contribution < 1.29 is 15.0 Å². The number of aromatic nitrogens is 3. The molecule has 1 heterocycles. The first-order chi connectivity index (χ1) is 7.60. The Hall–Kier alpha value is -1.43. The smallest absolute Gasteiger partial charge is 0.358 e. The van der Waals surface area contributed by atoms with Gasteiger partial charge in [-0.25, -0.2) is 9.48 Å². The molecule has 0 fully saturated rings. The summed E-state index contributed by atoms with van der Waals surface area (Å²) in [6.07, 6.45) is 1.47. The zero-order valence-electron chi connectivity index (χ0n) is 9.55. The average molecular weight is 227 g/mol. The lowest BCUT2D eigenvalue weighted by molar-refractivity contribution is 0.0689. The number of carboxylic acid groups (broad SMARTS) is 1. The van der Waals surface area contributed by atoms with Crippen molar-refractivity contribution in [2.24, 2.45) is 5.92 Å². The van der Waals surface area contributed by atoms with Crippen molar-refractivity contribution in [3.05, 3.63) is 11.4 Å². The van der Waals surface area contributed by atoms with E-state index in [4.69, 9.17) is 10.2 Å². The second-order valence-corrected chi connectivity index (χ2v) is 3.91. The molecule has 1 unspecified atom stereocenters. The largest absolute Gasteiger partial charge is 0.476 e. The van der Waals surface area contributed by atoms with Crippen LogP contribution in [0.2, 0.25) is 0 Å². The minimum atomic E-state index is -1.05. The Balaban J connectivity index is 2.95. The Bertz CT molecular complexity index is 362. The maximum Gasteiger partial charge on any atom is 0.358 e. The van der Waals surface area contributed by atoms with Crippen molar-refractivity contribution in [3.8, 4) is 0 Å². The number of carbonyl (C=O) groups is 1. The van der Waals surface area contributed by atoms with Gasteiger partial charge < -0.3 is 10.2 Å². The van der Waals surface area contributed by atoms with Crippen LogP contribution in [0.4, 0.5) is 0 Å². The van der Waals surface area contributed by atoms with Crippen LogP contribution >= 0.6 is 0 Å². The second kappa shape index (κ2) is 5.60. The number of aromatic carboxylic acids is 1. The Morgan fingerprint density at radius 3 is 2.75 bits per heavy atom. The molecule has 0 aromatic carbocycles. The van der Waals surface area contributed by atoms with Crippen molar-refractivity contribution in [2.45, 2.75) is 33.2 Å². The van der Waals surface area contributed by atoms with Crippen LogP contribution in [0.25, 0.3) is 0 Å². The zero-order valence-corrected chi connectivity index (χ0v) is 9.55. The van der Waals surface area contributed by atoms with Crippen LogP contribution in [0, 0.1) is 5.92 Å². The number of aliphatic hydroxyl groups excluding tert-OH is 1. The molecule has 90 valence electrons. The highest BCUT2D eigenvalue weighted by Crippen LogP contribution is 2.10. The lowest BCUT2D eigenvalue weighted by Crippen LogP contribution is -2.15. The lowest BCUT2D eigenvalue weighted by Gasteiger charge is -2.10. The van der Waals surface area contributed by atoms with Gasteiger partial charge in [-0.05, 0) is 12.3 Å². The van der Waals surface area contributed by atoms with Crippen LogP contribution in [0.1, 0.15) is 36.5 Å². The van der Waals surface area contributed by atoms with Crippen LogP contribution in [0.3, 0.4) is 0 Å². The highest BCUT2D eigenvalue weighted by atomic mass is 16.4. The number of rotatable bonds is 6. The van der Waals surface area contributed by atoms with Crippen molar-refractivity contribution in [1.82, 2.24) is 15.0 Å². The molecule has 0 aliphatic rings. The molecule has 0 spiro atoms. The van der Waals surface area contributed by atoms with Crippen molar-refractivity contribution in [3.63, 3.8) is 0 Å². The van der Waals surface area contributed by atoms with E-state index in [9.17, 15) is 4.79 Å². The third-order valence-corrected chi connectivity index (χ3v) is 2.32. The summed E-state index contributed by atoms with van der Waals surface area (Å²) in [5, 5.41) is 25.4. The van der Waals surface area contributed by atoms with Gasteiger partial charge in [-0.3, -0.25) is 0 Å². The number of aliphatic hydroxyl groups is 1. The summed E-state index contributed by atoms with van der Waals surface area (Å²) in [6.45, 7) is 4.39. The van der Waals surface area contributed by atoms with Crippen LogP contribution < -0.4 is 0 Å². The third-order valence-electron chi connectivity index (χ3n) is 2.32. The van der Waals surface area contributed by atoms with Gasteiger partial charge in [-0.2, -0.15) is 0 Å². The van der Waals surface area contributed by atoms with Crippen molar-refractivity contribution >= 4 is 5.97 Å². The predicted octanol–water partition coefficient (Wildman–Crippen LogP) is 0.557. The van der Waals surface area contributed by atoms with Crippen LogP contribution in [-0.4, -0.2) is 37.8 Å². The monoisotopic (exact) mass is 227 g/mol. The SMILES string of the molecule is CCCc1c(C(=O)O)nnn1CC(C)CO. The molecule has 0 saturated carbocycles. The Morgan fingerprint density at radius 1 is 1.56 bits per heavy atom. The molecule has 1 aromatic heterocycles. The van der Waals surface area contributed by atoms with E-state index in [1.54, 1.807) is 4.68 Å². The maximum atomic E-state index is 10.9. The number of hydrogen-bond acceptors (Lipinski definition) is 4. The number of hydrogen-bond donors (Lipinski definition) is 2. The standard InChI is InChI=1S/C10H17N3O3/c1-3-4-8-9(10(15)16)11-12-13(8)5-7(2)6-14/h7,14H,3-6H2,1-2H3,(H,15,16). The molecule has 0 saturated heterocycles. The van der Waals surface area contributed by atoms with Crippen molar-refractivity contribution in [2.75, 3.05) is 6.61 Å². The van der Waals surface area contributed by atoms with E-state index in [0.29, 0.717) is 18.7 Å². The number of nitrogens with zero attached hydrogens (tertiary/aromatic N) is 3. The van der Waals surface area contributed by atoms with Gasteiger partial charge in [0.15, 0.2) is 5.69 Å². The summed E-state index contributed by atoms with van der Waals surface area (Å²) in [6, 6.07) is 0. The van der Waals surface area contributed by atoms with Gasteiger partial charge >= 0.3 is 5.97 Å². The first-order valence-corrected chi connectivity index (χ1v) is 5.36. The van der Waals surface area contributed by atoms with E-state index in [1.165, 1.54) is 0 Å². The molecule has 16 heavy (non-hydrogen) atoms. The van der Waals surface area contributed by atoms with E-state index in [-0.39, 0.29) is 18.2 Å². The first-order valence-electron chi connectivity index (χ1n) is 5.36. The minimum Gasteiger partial charge on any atom is -0.476 e. The molecule has 0 aliphatic carbocycles. The Morgan fingerprint density at radius 2 is 2.25 bits per heavy atom. The first kappa shape index (κ1) is 12.6. The summed E-state index contributed by atoms with van der Waals surface area (Å²) in [5.41, 5.74) is 0.655. The van der Waals surface area contributed by atoms with Crippen LogP contribution in [0.15, 0.2) is 0 Å². The van der Waals surface area contributed by atoms with Crippen LogP contribution in [0.5, 0.6) is 0 Å². The van der Waals surface area contributed by atoms with Gasteiger partial charge in [-0.1, -0.05) is 25.5 Å². The van der Waals surface area contributed by atoms with Gasteiger partial charge in [0.25, 0.3) is 0 Å². The molecule has 1 atom stereocenters. The maximum absolute atomic E-state index is 10.9. The zero-order chi connectivity index (χ0) is 12.1. The minimum absolute atomic E-state index is 0.0204. The molecular formula is C10H17N3O3. The van der Waals surface area contributed by atoms with Gasteiger partial charge in [-0.15, -0.1) is 5.10 Å². The fraction of sp³-hybridized carbons (Fsp3) is 0.700. The third kappa shape index (κ3) is 2.79.